The van der Waals surface area contributed by atoms with E-state index in [4.69, 9.17) is 10.5 Å². The van der Waals surface area contributed by atoms with Crippen molar-refractivity contribution in [2.45, 2.75) is 32.2 Å². The number of benzene rings is 1. The third kappa shape index (κ3) is 1.70. The van der Waals surface area contributed by atoms with E-state index in [1.54, 1.807) is 7.11 Å². The van der Waals surface area contributed by atoms with E-state index < -0.39 is 0 Å². The second-order valence-electron chi connectivity index (χ2n) is 4.96. The largest absolute Gasteiger partial charge is 0.495 e. The van der Waals surface area contributed by atoms with Gasteiger partial charge in [-0.2, -0.15) is 0 Å². The molecular weight excluding hydrogens is 200 g/mol. The van der Waals surface area contributed by atoms with Crippen molar-refractivity contribution in [2.75, 3.05) is 24.3 Å². The minimum absolute atomic E-state index is 0.195. The molecule has 0 amide bonds. The zero-order chi connectivity index (χ0) is 11.8. The Morgan fingerprint density at radius 2 is 2.12 bits per heavy atom. The van der Waals surface area contributed by atoms with Crippen LogP contribution in [0.1, 0.15) is 26.7 Å². The van der Waals surface area contributed by atoms with E-state index in [-0.39, 0.29) is 5.54 Å². The second kappa shape index (κ2) is 3.89. The predicted molar refractivity (Wildman–Crippen MR) is 68.1 cm³/mol. The van der Waals surface area contributed by atoms with Gasteiger partial charge < -0.3 is 15.4 Å². The van der Waals surface area contributed by atoms with Gasteiger partial charge in [0, 0.05) is 12.1 Å². The molecule has 0 radical (unpaired) electrons. The minimum Gasteiger partial charge on any atom is -0.495 e. The summed E-state index contributed by atoms with van der Waals surface area (Å²) in [6, 6.07) is 5.98. The maximum atomic E-state index is 6.13. The molecule has 0 bridgehead atoms. The average molecular weight is 220 g/mol. The summed E-state index contributed by atoms with van der Waals surface area (Å²) in [6.45, 7) is 5.60. The van der Waals surface area contributed by atoms with E-state index in [9.17, 15) is 0 Å². The quantitative estimate of drug-likeness (QED) is 0.779. The number of para-hydroxylation sites is 1. The lowest BCUT2D eigenvalue weighted by molar-refractivity contribution is 0.416. The molecule has 0 spiro atoms. The lowest BCUT2D eigenvalue weighted by Gasteiger charge is -2.34. The first kappa shape index (κ1) is 11.1. The molecule has 1 heterocycles. The van der Waals surface area contributed by atoms with E-state index in [0.29, 0.717) is 0 Å². The summed E-state index contributed by atoms with van der Waals surface area (Å²) in [6.07, 6.45) is 2.44. The molecule has 2 rings (SSSR count). The fourth-order valence-corrected chi connectivity index (χ4v) is 2.50. The Bertz CT molecular complexity index is 388. The highest BCUT2D eigenvalue weighted by Crippen LogP contribution is 2.39. The summed E-state index contributed by atoms with van der Waals surface area (Å²) >= 11 is 0. The summed E-state index contributed by atoms with van der Waals surface area (Å²) in [5, 5.41) is 0. The Morgan fingerprint density at radius 3 is 2.69 bits per heavy atom. The van der Waals surface area contributed by atoms with E-state index in [1.807, 2.05) is 12.1 Å². The molecule has 0 unspecified atom stereocenters. The molecule has 88 valence electrons. The molecule has 0 saturated carbocycles. The van der Waals surface area contributed by atoms with Crippen LogP contribution in [0.2, 0.25) is 0 Å². The summed E-state index contributed by atoms with van der Waals surface area (Å²) in [5.74, 6) is 0.764. The van der Waals surface area contributed by atoms with Gasteiger partial charge in [0.05, 0.1) is 18.5 Å². The normalized spacial score (nSPS) is 18.8. The van der Waals surface area contributed by atoms with Crippen molar-refractivity contribution in [3.8, 4) is 5.75 Å². The smallest absolute Gasteiger partial charge is 0.143 e. The summed E-state index contributed by atoms with van der Waals surface area (Å²) in [5.41, 5.74) is 8.17. The fourth-order valence-electron chi connectivity index (χ4n) is 2.50. The Hall–Kier alpha value is -1.38. The highest BCUT2D eigenvalue weighted by atomic mass is 16.5. The van der Waals surface area contributed by atoms with E-state index >= 15 is 0 Å². The van der Waals surface area contributed by atoms with Crippen molar-refractivity contribution < 1.29 is 4.74 Å². The number of methoxy groups -OCH3 is 1. The van der Waals surface area contributed by atoms with Crippen LogP contribution in [0.5, 0.6) is 5.75 Å². The molecule has 1 aromatic rings. The van der Waals surface area contributed by atoms with Crippen molar-refractivity contribution in [1.29, 1.82) is 0 Å². The van der Waals surface area contributed by atoms with E-state index in [0.717, 1.165) is 23.7 Å². The van der Waals surface area contributed by atoms with Crippen LogP contribution in [-0.4, -0.2) is 19.2 Å². The number of nitrogens with two attached hydrogens (primary N) is 1. The van der Waals surface area contributed by atoms with E-state index in [1.165, 1.54) is 12.8 Å². The highest BCUT2D eigenvalue weighted by Gasteiger charge is 2.33. The lowest BCUT2D eigenvalue weighted by atomic mass is 10.0. The summed E-state index contributed by atoms with van der Waals surface area (Å²) < 4.78 is 5.26. The third-order valence-electron chi connectivity index (χ3n) is 3.45. The molecule has 3 heteroatoms. The van der Waals surface area contributed by atoms with Crippen molar-refractivity contribution in [3.05, 3.63) is 18.2 Å². The molecule has 1 fully saturated rings. The zero-order valence-electron chi connectivity index (χ0n) is 10.3. The van der Waals surface area contributed by atoms with Gasteiger partial charge in [0.2, 0.25) is 0 Å². The van der Waals surface area contributed by atoms with Gasteiger partial charge >= 0.3 is 0 Å². The van der Waals surface area contributed by atoms with Gasteiger partial charge in [0.25, 0.3) is 0 Å². The molecule has 16 heavy (non-hydrogen) atoms. The standard InChI is InChI=1S/C13H20N2O/c1-13(2)8-5-9-15(13)10-6-4-7-11(16-3)12(10)14/h4,6-7H,5,8-9,14H2,1-3H3. The van der Waals surface area contributed by atoms with Gasteiger partial charge in [-0.1, -0.05) is 6.07 Å². The zero-order valence-corrected chi connectivity index (χ0v) is 10.3. The number of anilines is 2. The van der Waals surface area contributed by atoms with Gasteiger partial charge in [-0.3, -0.25) is 0 Å². The van der Waals surface area contributed by atoms with Gasteiger partial charge in [0.15, 0.2) is 0 Å². The number of ether oxygens (including phenoxy) is 1. The van der Waals surface area contributed by atoms with Crippen LogP contribution >= 0.6 is 0 Å². The molecule has 0 atom stereocenters. The Balaban J connectivity index is 2.41. The van der Waals surface area contributed by atoms with Crippen LogP contribution in [0, 0.1) is 0 Å². The van der Waals surface area contributed by atoms with Gasteiger partial charge in [0.1, 0.15) is 5.75 Å². The van der Waals surface area contributed by atoms with Crippen molar-refractivity contribution >= 4 is 11.4 Å². The molecule has 0 aromatic heterocycles. The maximum absolute atomic E-state index is 6.13. The Morgan fingerprint density at radius 1 is 1.38 bits per heavy atom. The number of hydrogen-bond donors (Lipinski definition) is 1. The number of nitrogens with zero attached hydrogens (tertiary/aromatic N) is 1. The van der Waals surface area contributed by atoms with Crippen LogP contribution < -0.4 is 15.4 Å². The van der Waals surface area contributed by atoms with Crippen molar-refractivity contribution in [2.24, 2.45) is 0 Å². The van der Waals surface area contributed by atoms with Crippen LogP contribution in [0.15, 0.2) is 18.2 Å². The van der Waals surface area contributed by atoms with E-state index in [2.05, 4.69) is 24.8 Å². The van der Waals surface area contributed by atoms with Gasteiger partial charge in [-0.15, -0.1) is 0 Å². The molecule has 1 aliphatic heterocycles. The highest BCUT2D eigenvalue weighted by molar-refractivity contribution is 5.75. The van der Waals surface area contributed by atoms with Gasteiger partial charge in [-0.05, 0) is 38.8 Å². The number of nitrogen functional groups attached to an aromatic ring is 1. The molecule has 2 N–H and O–H groups in total. The topological polar surface area (TPSA) is 38.5 Å². The van der Waals surface area contributed by atoms with Crippen molar-refractivity contribution in [3.63, 3.8) is 0 Å². The molecule has 1 aromatic carbocycles. The molecular formula is C13H20N2O. The SMILES string of the molecule is COc1cccc(N2CCCC2(C)C)c1N. The van der Waals surface area contributed by atoms with Crippen LogP contribution in [-0.2, 0) is 0 Å². The first-order valence-electron chi connectivity index (χ1n) is 5.76. The third-order valence-corrected chi connectivity index (χ3v) is 3.45. The fraction of sp³-hybridized carbons (Fsp3) is 0.538. The van der Waals surface area contributed by atoms with Crippen molar-refractivity contribution in [1.82, 2.24) is 0 Å². The maximum Gasteiger partial charge on any atom is 0.143 e. The Labute approximate surface area is 97.2 Å². The van der Waals surface area contributed by atoms with Crippen LogP contribution in [0.3, 0.4) is 0 Å². The Kier molecular flexibility index (Phi) is 2.70. The molecule has 3 nitrogen and oxygen atoms in total. The van der Waals surface area contributed by atoms with Crippen LogP contribution in [0.4, 0.5) is 11.4 Å². The lowest BCUT2D eigenvalue weighted by Crippen LogP contribution is -2.38. The monoisotopic (exact) mass is 220 g/mol. The summed E-state index contributed by atoms with van der Waals surface area (Å²) in [7, 11) is 1.66. The average Bonchev–Trinajstić information content (AvgIpc) is 2.59. The predicted octanol–water partition coefficient (Wildman–Crippen LogP) is 2.66. The molecule has 0 aliphatic carbocycles. The number of hydrogen-bond acceptors (Lipinski definition) is 3. The second-order valence-corrected chi connectivity index (χ2v) is 4.96. The van der Waals surface area contributed by atoms with Crippen LogP contribution in [0.25, 0.3) is 0 Å². The minimum atomic E-state index is 0.195. The molecule has 1 aliphatic rings. The first-order valence-corrected chi connectivity index (χ1v) is 5.76. The molecule has 1 saturated heterocycles. The van der Waals surface area contributed by atoms with Gasteiger partial charge in [-0.25, -0.2) is 0 Å². The number of rotatable bonds is 2. The first-order chi connectivity index (χ1) is 7.56. The summed E-state index contributed by atoms with van der Waals surface area (Å²) in [4.78, 5) is 2.38.